The van der Waals surface area contributed by atoms with Crippen molar-refractivity contribution in [3.05, 3.63) is 134 Å². The van der Waals surface area contributed by atoms with E-state index in [0.29, 0.717) is 23.9 Å². The normalized spacial score (nSPS) is 14.3. The molecule has 9 heteroatoms. The second kappa shape index (κ2) is 70.9. The first-order valence-electron chi connectivity index (χ1n) is 38.0. The average molecular weight is 1290 g/mol. The Kier molecular flexibility index (Phi) is 68.3. The minimum atomic E-state index is -4.60. The number of carbonyl (C=O) groups excluding carboxylic acids is 1. The minimum absolute atomic E-state index is 0.00195. The molecule has 0 aliphatic rings. The summed E-state index contributed by atoms with van der Waals surface area (Å²) in [5, 5.41) is 14.1. The van der Waals surface area contributed by atoms with Gasteiger partial charge in [-0.1, -0.05) is 359 Å². The third-order valence-corrected chi connectivity index (χ3v) is 17.6. The number of aliphatic hydroxyl groups excluding tert-OH is 1. The molecule has 3 atom stereocenters. The van der Waals surface area contributed by atoms with E-state index in [2.05, 4.69) is 153 Å². The number of phosphoric ester groups is 1. The van der Waals surface area contributed by atoms with E-state index >= 15 is 0 Å². The van der Waals surface area contributed by atoms with Crippen LogP contribution in [0.5, 0.6) is 0 Å². The van der Waals surface area contributed by atoms with Gasteiger partial charge in [-0.05, 0) is 96.3 Å². The van der Waals surface area contributed by atoms with Gasteiger partial charge in [-0.3, -0.25) is 9.36 Å². The van der Waals surface area contributed by atoms with Crippen molar-refractivity contribution < 1.29 is 32.9 Å². The van der Waals surface area contributed by atoms with Crippen LogP contribution in [0.25, 0.3) is 0 Å². The molecule has 0 heterocycles. The number of likely N-dealkylation sites (N-methyl/N-ethyl adjacent to an activating group) is 1. The number of hydrogen-bond acceptors (Lipinski definition) is 6. The number of quaternary nitrogens is 1. The molecule has 0 saturated carbocycles. The molecule has 3 unspecified atom stereocenters. The number of rotatable bonds is 69. The van der Waals surface area contributed by atoms with Gasteiger partial charge in [-0.2, -0.15) is 0 Å². The Morgan fingerprint density at radius 3 is 0.978 bits per heavy atom. The van der Waals surface area contributed by atoms with Gasteiger partial charge in [0, 0.05) is 6.42 Å². The van der Waals surface area contributed by atoms with Crippen LogP contribution in [0.15, 0.2) is 134 Å². The maximum atomic E-state index is 13.1. The monoisotopic (exact) mass is 1290 g/mol. The van der Waals surface area contributed by atoms with Crippen molar-refractivity contribution in [2.24, 2.45) is 0 Å². The summed E-state index contributed by atoms with van der Waals surface area (Å²) in [4.78, 5) is 25.7. The van der Waals surface area contributed by atoms with Crippen LogP contribution in [-0.4, -0.2) is 68.5 Å². The smallest absolute Gasteiger partial charge is 0.268 e. The van der Waals surface area contributed by atoms with Crippen LogP contribution in [0.3, 0.4) is 0 Å². The molecule has 0 aliphatic carbocycles. The van der Waals surface area contributed by atoms with Crippen LogP contribution in [0.1, 0.15) is 328 Å². The fraction of sp³-hybridized carbons (Fsp3) is 0.720. The predicted molar refractivity (Wildman–Crippen MR) is 398 cm³/mol. The molecule has 8 nitrogen and oxygen atoms in total. The Morgan fingerprint density at radius 2 is 0.670 bits per heavy atom. The Bertz CT molecular complexity index is 1950. The summed E-state index contributed by atoms with van der Waals surface area (Å²) < 4.78 is 23.6. The molecule has 0 aliphatic heterocycles. The van der Waals surface area contributed by atoms with Crippen molar-refractivity contribution in [1.82, 2.24) is 5.32 Å². The number of phosphoric acid groups is 1. The first-order valence-corrected chi connectivity index (χ1v) is 39.5. The van der Waals surface area contributed by atoms with E-state index in [1.165, 1.54) is 173 Å². The van der Waals surface area contributed by atoms with Gasteiger partial charge in [0.1, 0.15) is 13.2 Å². The molecule has 524 valence electrons. The Balaban J connectivity index is 4.11. The van der Waals surface area contributed by atoms with E-state index in [1.807, 2.05) is 21.1 Å². The summed E-state index contributed by atoms with van der Waals surface area (Å²) in [6, 6.07) is -0.823. The first kappa shape index (κ1) is 87.6. The van der Waals surface area contributed by atoms with Crippen molar-refractivity contribution >= 4 is 13.7 Å². The van der Waals surface area contributed by atoms with E-state index in [1.54, 1.807) is 0 Å². The molecule has 0 spiro atoms. The minimum Gasteiger partial charge on any atom is -0.756 e. The van der Waals surface area contributed by atoms with Gasteiger partial charge in [-0.15, -0.1) is 0 Å². The molecule has 0 bridgehead atoms. The van der Waals surface area contributed by atoms with E-state index in [9.17, 15) is 19.4 Å². The molecule has 0 aromatic carbocycles. The highest BCUT2D eigenvalue weighted by Gasteiger charge is 2.24. The summed E-state index contributed by atoms with van der Waals surface area (Å²) in [5.41, 5.74) is 0. The molecular formula is C82H145N2O6P. The molecule has 0 fully saturated rings. The fourth-order valence-corrected chi connectivity index (χ4v) is 11.5. The molecule has 0 aromatic heterocycles. The summed E-state index contributed by atoms with van der Waals surface area (Å²) in [6.07, 6.45) is 107. The topological polar surface area (TPSA) is 108 Å². The lowest BCUT2D eigenvalue weighted by Crippen LogP contribution is -2.46. The summed E-state index contributed by atoms with van der Waals surface area (Å²) in [7, 11) is 1.28. The summed E-state index contributed by atoms with van der Waals surface area (Å²) in [6.45, 7) is 4.62. The van der Waals surface area contributed by atoms with Crippen molar-refractivity contribution in [1.29, 1.82) is 0 Å². The van der Waals surface area contributed by atoms with Crippen LogP contribution in [0.4, 0.5) is 0 Å². The maximum Gasteiger partial charge on any atom is 0.268 e. The van der Waals surface area contributed by atoms with Gasteiger partial charge in [0.2, 0.25) is 5.91 Å². The average Bonchev–Trinajstić information content (AvgIpc) is 3.58. The number of aliphatic hydroxyl groups is 1. The molecule has 91 heavy (non-hydrogen) atoms. The molecule has 0 rings (SSSR count). The Hall–Kier alpha value is -3.36. The molecule has 1 amide bonds. The van der Waals surface area contributed by atoms with Crippen molar-refractivity contribution in [2.45, 2.75) is 341 Å². The van der Waals surface area contributed by atoms with Gasteiger partial charge >= 0.3 is 0 Å². The molecule has 2 N–H and O–H groups in total. The third-order valence-electron chi connectivity index (χ3n) is 16.7. The Labute approximate surface area is 564 Å². The largest absolute Gasteiger partial charge is 0.756 e. The van der Waals surface area contributed by atoms with Crippen LogP contribution >= 0.6 is 7.82 Å². The predicted octanol–water partition coefficient (Wildman–Crippen LogP) is 24.3. The molecule has 0 radical (unpaired) electrons. The zero-order chi connectivity index (χ0) is 66.2. The lowest BCUT2D eigenvalue weighted by atomic mass is 10.0. The van der Waals surface area contributed by atoms with Crippen molar-refractivity contribution in [3.63, 3.8) is 0 Å². The number of amides is 1. The van der Waals surface area contributed by atoms with Gasteiger partial charge in [0.25, 0.3) is 7.82 Å². The number of nitrogens with zero attached hydrogens (tertiary/aromatic N) is 1. The molecule has 0 aromatic rings. The fourth-order valence-electron chi connectivity index (χ4n) is 10.8. The van der Waals surface area contributed by atoms with E-state index < -0.39 is 20.0 Å². The Morgan fingerprint density at radius 1 is 0.396 bits per heavy atom. The number of hydrogen-bond donors (Lipinski definition) is 2. The van der Waals surface area contributed by atoms with Gasteiger partial charge in [0.05, 0.1) is 39.9 Å². The van der Waals surface area contributed by atoms with Crippen LogP contribution in [0.2, 0.25) is 0 Å². The van der Waals surface area contributed by atoms with Crippen molar-refractivity contribution in [2.75, 3.05) is 40.9 Å². The van der Waals surface area contributed by atoms with Crippen LogP contribution in [0, 0.1) is 0 Å². The number of nitrogens with one attached hydrogen (secondary N) is 1. The van der Waals surface area contributed by atoms with Crippen molar-refractivity contribution in [3.8, 4) is 0 Å². The highest BCUT2D eigenvalue weighted by atomic mass is 31.2. The lowest BCUT2D eigenvalue weighted by molar-refractivity contribution is -0.870. The zero-order valence-electron chi connectivity index (χ0n) is 60.0. The summed E-state index contributed by atoms with van der Waals surface area (Å²) in [5.74, 6) is -0.185. The zero-order valence-corrected chi connectivity index (χ0v) is 60.9. The number of carbonyl (C=O) groups is 1. The molecule has 0 saturated heterocycles. The summed E-state index contributed by atoms with van der Waals surface area (Å²) >= 11 is 0. The van der Waals surface area contributed by atoms with Crippen LogP contribution in [-0.2, 0) is 18.4 Å². The number of unbranched alkanes of at least 4 members (excludes halogenated alkanes) is 34. The van der Waals surface area contributed by atoms with Gasteiger partial charge < -0.3 is 28.8 Å². The van der Waals surface area contributed by atoms with Crippen LogP contribution < -0.4 is 10.2 Å². The van der Waals surface area contributed by atoms with E-state index in [0.717, 1.165) is 128 Å². The maximum absolute atomic E-state index is 13.1. The van der Waals surface area contributed by atoms with E-state index in [-0.39, 0.29) is 19.1 Å². The lowest BCUT2D eigenvalue weighted by Gasteiger charge is -2.30. The quantitative estimate of drug-likeness (QED) is 0.0272. The van der Waals surface area contributed by atoms with Gasteiger partial charge in [-0.25, -0.2) is 0 Å². The van der Waals surface area contributed by atoms with Gasteiger partial charge in [0.15, 0.2) is 0 Å². The number of allylic oxidation sites excluding steroid dienone is 22. The standard InChI is InChI=1S/C82H145N2O6P/c1-6-8-10-12-14-16-18-20-22-24-26-28-30-32-34-36-38-39-40-41-42-43-44-45-46-48-50-52-54-56-58-60-62-64-66-68-70-72-74-76-82(86)83-80(79-90-91(87,88)89-78-77-84(3,4)5)81(85)75-73-71-69-67-65-63-61-59-57-55-53-51-49-47-37-35-33-31-29-27-25-23-21-19-17-15-13-11-9-7-2/h8,10,14,16,20,22,26,28,32,34,38-39,41-42,44-45,48,50,54,56,60,62,80-81,85H,6-7,9,11-13,15,17-19,21,23-25,27,29-31,33,35-37,40,43,46-47,49,51-53,55,57-59,61,63-79H2,1-5H3,(H-,83,86,87,88)/b10-8-,16-14-,22-20-,28-26-,34-32-,39-38-,42-41-,45-44-,50-48-,56-54-,62-60-. The second-order valence-electron chi connectivity index (χ2n) is 26.6. The second-order valence-corrected chi connectivity index (χ2v) is 28.0. The molecular weight excluding hydrogens is 1140 g/mol. The third kappa shape index (κ3) is 73.9. The SMILES string of the molecule is CC/C=C\C/C=C\C/C=C\C/C=C\C/C=C\C/C=C\C/C=C\C/C=C\C/C=C\C/C=C\C/C=C\CCCCCCCC(=O)NC(COP(=O)([O-])OCC[N+](C)(C)C)C(O)CCCCCCCCCCCCCCCCCCCCCCCCCCCCCCCC. The highest BCUT2D eigenvalue weighted by Crippen LogP contribution is 2.38. The highest BCUT2D eigenvalue weighted by molar-refractivity contribution is 7.45. The first-order chi connectivity index (χ1) is 44.5. The van der Waals surface area contributed by atoms with E-state index in [4.69, 9.17) is 9.05 Å².